The molecule has 1 heterocycles. The average Bonchev–Trinajstić information content (AvgIpc) is 2.90. The lowest BCUT2D eigenvalue weighted by Gasteiger charge is -2.32. The summed E-state index contributed by atoms with van der Waals surface area (Å²) < 4.78 is 38.8. The van der Waals surface area contributed by atoms with Crippen LogP contribution < -0.4 is 25.2 Å². The average molecular weight is 400 g/mol. The molecular formula is C18H29N3O5S. The van der Waals surface area contributed by atoms with E-state index >= 15 is 0 Å². The second-order valence-corrected chi connectivity index (χ2v) is 8.40. The molecule has 0 radical (unpaired) electrons. The number of benzene rings is 1. The van der Waals surface area contributed by atoms with Gasteiger partial charge in [-0.2, -0.15) is 4.72 Å². The lowest BCUT2D eigenvalue weighted by Crippen LogP contribution is -2.57. The second-order valence-electron chi connectivity index (χ2n) is 6.68. The van der Waals surface area contributed by atoms with Crippen LogP contribution in [0.3, 0.4) is 0 Å². The number of hydrogen-bond donors (Lipinski definition) is 3. The fraction of sp³-hybridized carbons (Fsp3) is 0.611. The first-order valence-corrected chi connectivity index (χ1v) is 10.7. The lowest BCUT2D eigenvalue weighted by atomic mass is 9.92. The van der Waals surface area contributed by atoms with E-state index in [1.165, 1.54) is 19.1 Å². The summed E-state index contributed by atoms with van der Waals surface area (Å²) in [4.78, 5) is 12.5. The van der Waals surface area contributed by atoms with Crippen molar-refractivity contribution in [1.82, 2.24) is 10.0 Å². The van der Waals surface area contributed by atoms with E-state index in [4.69, 9.17) is 15.2 Å². The molecule has 1 aliphatic heterocycles. The molecule has 0 aliphatic carbocycles. The predicted molar refractivity (Wildman–Crippen MR) is 102 cm³/mol. The van der Waals surface area contributed by atoms with Crippen LogP contribution in [0, 0.1) is 0 Å². The highest BCUT2D eigenvalue weighted by Crippen LogP contribution is 2.31. The third-order valence-corrected chi connectivity index (χ3v) is 6.43. The molecule has 2 rings (SSSR count). The number of sulfonamides is 1. The van der Waals surface area contributed by atoms with Gasteiger partial charge < -0.3 is 20.5 Å². The minimum Gasteiger partial charge on any atom is -0.490 e. The van der Waals surface area contributed by atoms with Gasteiger partial charge in [0.05, 0.1) is 29.7 Å². The number of rotatable bonds is 8. The Morgan fingerprint density at radius 2 is 1.85 bits per heavy atom. The molecule has 0 bridgehead atoms. The number of nitrogens with one attached hydrogen (secondary N) is 2. The number of hydrogen-bond acceptors (Lipinski definition) is 6. The minimum absolute atomic E-state index is 0.0162. The van der Waals surface area contributed by atoms with Crippen LogP contribution in [0.15, 0.2) is 23.1 Å². The van der Waals surface area contributed by atoms with Gasteiger partial charge in [0, 0.05) is 19.0 Å². The third-order valence-electron chi connectivity index (χ3n) is 4.89. The van der Waals surface area contributed by atoms with Crippen LogP contribution in [0.4, 0.5) is 0 Å². The summed E-state index contributed by atoms with van der Waals surface area (Å²) in [6.07, 6.45) is 2.05. The van der Waals surface area contributed by atoms with E-state index in [9.17, 15) is 13.2 Å². The summed E-state index contributed by atoms with van der Waals surface area (Å²) in [5.41, 5.74) is 5.26. The summed E-state index contributed by atoms with van der Waals surface area (Å²) in [6, 6.07) is 3.46. The summed E-state index contributed by atoms with van der Waals surface area (Å²) in [6.45, 7) is 6.63. The van der Waals surface area contributed by atoms with Crippen molar-refractivity contribution in [3.8, 4) is 11.5 Å². The first-order valence-electron chi connectivity index (χ1n) is 9.21. The lowest BCUT2D eigenvalue weighted by molar-refractivity contribution is -0.124. The molecule has 0 fully saturated rings. The molecule has 1 amide bonds. The zero-order chi connectivity index (χ0) is 20.1. The Hall–Kier alpha value is -1.84. The number of carbonyl (C=O) groups is 1. The Bertz CT molecular complexity index is 754. The molecule has 1 atom stereocenters. The van der Waals surface area contributed by atoms with Gasteiger partial charge in [-0.05, 0) is 31.9 Å². The van der Waals surface area contributed by atoms with Gasteiger partial charge >= 0.3 is 0 Å². The van der Waals surface area contributed by atoms with Gasteiger partial charge in [0.25, 0.3) is 0 Å². The Kier molecular flexibility index (Phi) is 7.07. The van der Waals surface area contributed by atoms with Crippen molar-refractivity contribution in [2.24, 2.45) is 5.73 Å². The number of nitrogens with two attached hydrogens (primary N) is 1. The maximum absolute atomic E-state index is 12.7. The highest BCUT2D eigenvalue weighted by Gasteiger charge is 2.30. The Morgan fingerprint density at radius 1 is 1.22 bits per heavy atom. The monoisotopic (exact) mass is 399 g/mol. The molecule has 152 valence electrons. The number of carbonyl (C=O) groups excluding carboxylic acids is 1. The van der Waals surface area contributed by atoms with Crippen molar-refractivity contribution in [3.63, 3.8) is 0 Å². The van der Waals surface area contributed by atoms with E-state index in [0.29, 0.717) is 37.6 Å². The van der Waals surface area contributed by atoms with Crippen LogP contribution in [-0.2, 0) is 14.8 Å². The van der Waals surface area contributed by atoms with E-state index in [0.717, 1.165) is 6.42 Å². The zero-order valence-corrected chi connectivity index (χ0v) is 16.9. The van der Waals surface area contributed by atoms with Gasteiger partial charge in [-0.25, -0.2) is 8.42 Å². The van der Waals surface area contributed by atoms with Crippen LogP contribution in [0.2, 0.25) is 0 Å². The van der Waals surface area contributed by atoms with Gasteiger partial charge in [0.2, 0.25) is 15.9 Å². The summed E-state index contributed by atoms with van der Waals surface area (Å²) in [5, 5.41) is 2.88. The van der Waals surface area contributed by atoms with Crippen molar-refractivity contribution in [1.29, 1.82) is 0 Å². The normalized spacial score (nSPS) is 15.7. The van der Waals surface area contributed by atoms with Gasteiger partial charge in [-0.1, -0.05) is 13.8 Å². The first kappa shape index (κ1) is 21.5. The van der Waals surface area contributed by atoms with E-state index in [1.807, 2.05) is 13.8 Å². The van der Waals surface area contributed by atoms with Crippen LogP contribution in [0.5, 0.6) is 11.5 Å². The topological polar surface area (TPSA) is 120 Å². The van der Waals surface area contributed by atoms with Crippen molar-refractivity contribution in [2.45, 2.75) is 56.5 Å². The van der Waals surface area contributed by atoms with Crippen molar-refractivity contribution >= 4 is 15.9 Å². The summed E-state index contributed by atoms with van der Waals surface area (Å²) >= 11 is 0. The molecule has 4 N–H and O–H groups in total. The molecule has 1 unspecified atom stereocenters. The smallest absolute Gasteiger partial charge is 0.241 e. The Balaban J connectivity index is 2.13. The fourth-order valence-electron chi connectivity index (χ4n) is 2.80. The molecular weight excluding hydrogens is 370 g/mol. The number of ether oxygens (including phenoxy) is 2. The van der Waals surface area contributed by atoms with Crippen molar-refractivity contribution in [2.75, 3.05) is 19.8 Å². The molecule has 0 saturated heterocycles. The molecule has 8 nitrogen and oxygen atoms in total. The molecule has 0 spiro atoms. The molecule has 1 aromatic carbocycles. The minimum atomic E-state index is -3.90. The fourth-order valence-corrected chi connectivity index (χ4v) is 4.02. The Morgan fingerprint density at radius 3 is 2.44 bits per heavy atom. The molecule has 1 aliphatic rings. The van der Waals surface area contributed by atoms with E-state index in [1.54, 1.807) is 6.07 Å². The highest BCUT2D eigenvalue weighted by atomic mass is 32.2. The van der Waals surface area contributed by atoms with Crippen molar-refractivity contribution in [3.05, 3.63) is 18.2 Å². The molecule has 1 aromatic rings. The maximum Gasteiger partial charge on any atom is 0.241 e. The Labute approximate surface area is 160 Å². The molecule has 0 aromatic heterocycles. The van der Waals surface area contributed by atoms with Crippen LogP contribution in [0.25, 0.3) is 0 Å². The maximum atomic E-state index is 12.7. The summed E-state index contributed by atoms with van der Waals surface area (Å²) in [5.74, 6) is 0.476. The largest absolute Gasteiger partial charge is 0.490 e. The van der Waals surface area contributed by atoms with Gasteiger partial charge in [-0.3, -0.25) is 4.79 Å². The standard InChI is InChI=1S/C18H29N3O5S/c1-4-18(5-2,12-19)20-17(22)13(3)21-27(23,24)14-7-8-15-16(11-14)26-10-6-9-25-15/h7-8,11,13,21H,4-6,9-10,12,19H2,1-3H3,(H,20,22). The van der Waals surface area contributed by atoms with Gasteiger partial charge in [0.15, 0.2) is 11.5 Å². The van der Waals surface area contributed by atoms with E-state index in [-0.39, 0.29) is 11.4 Å². The first-order chi connectivity index (χ1) is 12.8. The molecule has 27 heavy (non-hydrogen) atoms. The summed E-state index contributed by atoms with van der Waals surface area (Å²) in [7, 11) is -3.90. The van der Waals surface area contributed by atoms with Gasteiger partial charge in [0.1, 0.15) is 0 Å². The molecule has 9 heteroatoms. The number of amides is 1. The zero-order valence-electron chi connectivity index (χ0n) is 16.1. The predicted octanol–water partition coefficient (Wildman–Crippen LogP) is 1.15. The number of fused-ring (bicyclic) bond motifs is 1. The SMILES string of the molecule is CCC(CC)(CN)NC(=O)C(C)NS(=O)(=O)c1ccc2c(c1)OCCCO2. The van der Waals surface area contributed by atoms with Crippen molar-refractivity contribution < 1.29 is 22.7 Å². The third kappa shape index (κ3) is 5.12. The highest BCUT2D eigenvalue weighted by molar-refractivity contribution is 7.89. The van der Waals surface area contributed by atoms with Crippen LogP contribution in [0.1, 0.15) is 40.0 Å². The van der Waals surface area contributed by atoms with E-state index < -0.39 is 27.5 Å². The van der Waals surface area contributed by atoms with E-state index in [2.05, 4.69) is 10.0 Å². The quantitative estimate of drug-likeness (QED) is 0.603. The van der Waals surface area contributed by atoms with Gasteiger partial charge in [-0.15, -0.1) is 0 Å². The van der Waals surface area contributed by atoms with Crippen LogP contribution >= 0.6 is 0 Å². The second kappa shape index (κ2) is 8.90. The van der Waals surface area contributed by atoms with Crippen LogP contribution in [-0.4, -0.2) is 45.7 Å². The molecule has 0 saturated carbocycles.